The van der Waals surface area contributed by atoms with Crippen LogP contribution in [0.4, 0.5) is 0 Å². The molecule has 25 heavy (non-hydrogen) atoms. The standard InChI is InChI=1S/C19H23ClN2O2S/c1-21(12-16-9-10-18(20)25-16)19(23)13-22-11-3-4-17(22)14-5-7-15(24-2)8-6-14/h5-10,17H,3-4,11-13H2,1-2H3/t17-/m0/s1. The lowest BCUT2D eigenvalue weighted by Crippen LogP contribution is -2.37. The fourth-order valence-corrected chi connectivity index (χ4v) is 4.41. The summed E-state index contributed by atoms with van der Waals surface area (Å²) < 4.78 is 5.99. The Morgan fingerprint density at radius 3 is 2.72 bits per heavy atom. The van der Waals surface area contributed by atoms with Crippen molar-refractivity contribution in [1.29, 1.82) is 0 Å². The molecule has 1 fully saturated rings. The second-order valence-electron chi connectivity index (χ2n) is 6.36. The molecule has 0 radical (unpaired) electrons. The van der Waals surface area contributed by atoms with Crippen molar-refractivity contribution in [3.63, 3.8) is 0 Å². The monoisotopic (exact) mass is 378 g/mol. The molecule has 1 atom stereocenters. The first kappa shape index (κ1) is 18.2. The third-order valence-electron chi connectivity index (χ3n) is 4.65. The van der Waals surface area contributed by atoms with Crippen molar-refractivity contribution in [3.05, 3.63) is 51.2 Å². The van der Waals surface area contributed by atoms with Gasteiger partial charge >= 0.3 is 0 Å². The number of ether oxygens (including phenoxy) is 1. The second kappa shape index (κ2) is 8.21. The van der Waals surface area contributed by atoms with Crippen LogP contribution in [0.1, 0.15) is 29.3 Å². The molecule has 1 aromatic carbocycles. The number of hydrogen-bond acceptors (Lipinski definition) is 4. The van der Waals surface area contributed by atoms with Gasteiger partial charge in [-0.1, -0.05) is 23.7 Å². The van der Waals surface area contributed by atoms with Crippen molar-refractivity contribution in [2.75, 3.05) is 27.2 Å². The van der Waals surface area contributed by atoms with Crippen LogP contribution in [0.25, 0.3) is 0 Å². The fourth-order valence-electron chi connectivity index (χ4n) is 3.27. The molecule has 1 aliphatic rings. The third kappa shape index (κ3) is 4.54. The molecule has 0 bridgehead atoms. The summed E-state index contributed by atoms with van der Waals surface area (Å²) in [5.41, 5.74) is 1.25. The molecule has 6 heteroatoms. The maximum atomic E-state index is 12.6. The summed E-state index contributed by atoms with van der Waals surface area (Å²) in [6, 6.07) is 12.3. The van der Waals surface area contributed by atoms with Gasteiger partial charge in [0.2, 0.25) is 5.91 Å². The SMILES string of the molecule is COc1ccc([C@@H]2CCCN2CC(=O)N(C)Cc2ccc(Cl)s2)cc1. The van der Waals surface area contributed by atoms with Gasteiger partial charge in [-0.25, -0.2) is 0 Å². The molecule has 1 aliphatic heterocycles. The molecule has 0 aliphatic carbocycles. The fraction of sp³-hybridized carbons (Fsp3) is 0.421. The average Bonchev–Trinajstić information content (AvgIpc) is 3.24. The predicted molar refractivity (Wildman–Crippen MR) is 102 cm³/mol. The number of thiophene rings is 1. The highest BCUT2D eigenvalue weighted by atomic mass is 35.5. The number of halogens is 1. The minimum atomic E-state index is 0.143. The molecule has 1 saturated heterocycles. The van der Waals surface area contributed by atoms with Crippen LogP contribution in [0.3, 0.4) is 0 Å². The molecule has 0 unspecified atom stereocenters. The van der Waals surface area contributed by atoms with Crippen LogP contribution in [0.5, 0.6) is 5.75 Å². The molecule has 4 nitrogen and oxygen atoms in total. The van der Waals surface area contributed by atoms with Gasteiger partial charge in [-0.05, 0) is 49.2 Å². The first-order chi connectivity index (χ1) is 12.1. The summed E-state index contributed by atoms with van der Waals surface area (Å²) >= 11 is 7.49. The minimum Gasteiger partial charge on any atom is -0.497 e. The van der Waals surface area contributed by atoms with Crippen molar-refractivity contribution < 1.29 is 9.53 Å². The van der Waals surface area contributed by atoms with E-state index in [1.165, 1.54) is 16.9 Å². The first-order valence-corrected chi connectivity index (χ1v) is 9.62. The first-order valence-electron chi connectivity index (χ1n) is 8.43. The lowest BCUT2D eigenvalue weighted by atomic mass is 10.0. The number of carbonyl (C=O) groups excluding carboxylic acids is 1. The number of likely N-dealkylation sites (tertiary alicyclic amines) is 1. The summed E-state index contributed by atoms with van der Waals surface area (Å²) in [7, 11) is 3.53. The molecule has 3 rings (SSSR count). The van der Waals surface area contributed by atoms with Gasteiger partial charge in [0.05, 0.1) is 24.5 Å². The highest BCUT2D eigenvalue weighted by molar-refractivity contribution is 7.16. The minimum absolute atomic E-state index is 0.143. The van der Waals surface area contributed by atoms with E-state index in [0.717, 1.165) is 34.3 Å². The quantitative estimate of drug-likeness (QED) is 0.755. The summed E-state index contributed by atoms with van der Waals surface area (Å²) in [5.74, 6) is 1.00. The van der Waals surface area contributed by atoms with E-state index in [2.05, 4.69) is 17.0 Å². The Morgan fingerprint density at radius 2 is 2.08 bits per heavy atom. The van der Waals surface area contributed by atoms with Crippen molar-refractivity contribution in [3.8, 4) is 5.75 Å². The second-order valence-corrected chi connectivity index (χ2v) is 8.16. The zero-order chi connectivity index (χ0) is 17.8. The van der Waals surface area contributed by atoms with Crippen molar-refractivity contribution in [1.82, 2.24) is 9.80 Å². The number of methoxy groups -OCH3 is 1. The summed E-state index contributed by atoms with van der Waals surface area (Å²) in [6.07, 6.45) is 2.21. The highest BCUT2D eigenvalue weighted by Gasteiger charge is 2.28. The molecule has 0 N–H and O–H groups in total. The van der Waals surface area contributed by atoms with Crippen LogP contribution in [0.15, 0.2) is 36.4 Å². The van der Waals surface area contributed by atoms with E-state index in [1.807, 2.05) is 31.3 Å². The van der Waals surface area contributed by atoms with E-state index < -0.39 is 0 Å². The summed E-state index contributed by atoms with van der Waals surface area (Å²) in [5, 5.41) is 0. The molecular weight excluding hydrogens is 356 g/mol. The normalized spacial score (nSPS) is 17.6. The molecule has 134 valence electrons. The number of likely N-dealkylation sites (N-methyl/N-ethyl adjacent to an activating group) is 1. The van der Waals surface area contributed by atoms with E-state index in [0.29, 0.717) is 19.1 Å². The Bertz CT molecular complexity index is 716. The van der Waals surface area contributed by atoms with Crippen LogP contribution in [-0.4, -0.2) is 43.0 Å². The maximum absolute atomic E-state index is 12.6. The molecular formula is C19H23ClN2O2S. The maximum Gasteiger partial charge on any atom is 0.236 e. The van der Waals surface area contributed by atoms with Crippen LogP contribution in [-0.2, 0) is 11.3 Å². The van der Waals surface area contributed by atoms with Gasteiger partial charge in [0.1, 0.15) is 5.75 Å². The third-order valence-corrected chi connectivity index (χ3v) is 5.87. The summed E-state index contributed by atoms with van der Waals surface area (Å²) in [6.45, 7) is 2.02. The molecule has 2 aromatic rings. The predicted octanol–water partition coefficient (Wildman–Crippen LogP) is 4.21. The highest BCUT2D eigenvalue weighted by Crippen LogP contribution is 2.32. The van der Waals surface area contributed by atoms with Crippen molar-refractivity contribution in [2.45, 2.75) is 25.4 Å². The zero-order valence-corrected chi connectivity index (χ0v) is 16.1. The lowest BCUT2D eigenvalue weighted by molar-refractivity contribution is -0.131. The Labute approximate surface area is 158 Å². The topological polar surface area (TPSA) is 32.8 Å². The number of benzene rings is 1. The lowest BCUT2D eigenvalue weighted by Gasteiger charge is -2.26. The molecule has 1 amide bonds. The number of carbonyl (C=O) groups is 1. The van der Waals surface area contributed by atoms with Crippen molar-refractivity contribution >= 4 is 28.8 Å². The van der Waals surface area contributed by atoms with E-state index >= 15 is 0 Å². The Kier molecular flexibility index (Phi) is 5.99. The Morgan fingerprint density at radius 1 is 1.32 bits per heavy atom. The van der Waals surface area contributed by atoms with Gasteiger partial charge in [0.15, 0.2) is 0 Å². The zero-order valence-electron chi connectivity index (χ0n) is 14.6. The van der Waals surface area contributed by atoms with Crippen LogP contribution in [0.2, 0.25) is 4.34 Å². The molecule has 0 saturated carbocycles. The van der Waals surface area contributed by atoms with E-state index in [-0.39, 0.29) is 5.91 Å². The molecule has 1 aromatic heterocycles. The van der Waals surface area contributed by atoms with Gasteiger partial charge < -0.3 is 9.64 Å². The van der Waals surface area contributed by atoms with E-state index in [1.54, 1.807) is 12.0 Å². The smallest absolute Gasteiger partial charge is 0.236 e. The largest absolute Gasteiger partial charge is 0.497 e. The van der Waals surface area contributed by atoms with Gasteiger partial charge in [-0.3, -0.25) is 9.69 Å². The van der Waals surface area contributed by atoms with E-state index in [9.17, 15) is 4.79 Å². The summed E-state index contributed by atoms with van der Waals surface area (Å²) in [4.78, 5) is 17.8. The molecule has 0 spiro atoms. The van der Waals surface area contributed by atoms with E-state index in [4.69, 9.17) is 16.3 Å². The van der Waals surface area contributed by atoms with Crippen LogP contribution >= 0.6 is 22.9 Å². The number of hydrogen-bond donors (Lipinski definition) is 0. The Balaban J connectivity index is 1.60. The van der Waals surface area contributed by atoms with Gasteiger partial charge in [-0.15, -0.1) is 11.3 Å². The van der Waals surface area contributed by atoms with Crippen molar-refractivity contribution in [2.24, 2.45) is 0 Å². The van der Waals surface area contributed by atoms with Gasteiger partial charge in [0, 0.05) is 18.0 Å². The Hall–Kier alpha value is -1.56. The number of rotatable bonds is 6. The number of amides is 1. The molecule has 2 heterocycles. The average molecular weight is 379 g/mol. The van der Waals surface area contributed by atoms with Crippen LogP contribution in [0, 0.1) is 0 Å². The van der Waals surface area contributed by atoms with Gasteiger partial charge in [0.25, 0.3) is 0 Å². The van der Waals surface area contributed by atoms with Gasteiger partial charge in [-0.2, -0.15) is 0 Å². The van der Waals surface area contributed by atoms with Crippen LogP contribution < -0.4 is 4.74 Å². The number of nitrogens with zero attached hydrogens (tertiary/aromatic N) is 2.